The molecule has 7 heteroatoms. The number of benzene rings is 1. The van der Waals surface area contributed by atoms with E-state index in [9.17, 15) is 8.42 Å². The highest BCUT2D eigenvalue weighted by Crippen LogP contribution is 2.27. The lowest BCUT2D eigenvalue weighted by Crippen LogP contribution is -2.33. The topological polar surface area (TPSA) is 63.4 Å². The second-order valence-electron chi connectivity index (χ2n) is 4.34. The van der Waals surface area contributed by atoms with E-state index in [2.05, 4.69) is 15.9 Å². The number of rotatable bonds is 3. The van der Waals surface area contributed by atoms with Crippen LogP contribution in [0.5, 0.6) is 0 Å². The van der Waals surface area contributed by atoms with Gasteiger partial charge in [-0.1, -0.05) is 6.07 Å². The molecule has 106 valence electrons. The molecule has 4 nitrogen and oxygen atoms in total. The van der Waals surface area contributed by atoms with E-state index in [-0.39, 0.29) is 0 Å². The Morgan fingerprint density at radius 3 is 2.84 bits per heavy atom. The first kappa shape index (κ1) is 15.3. The summed E-state index contributed by atoms with van der Waals surface area (Å²) < 4.78 is 27.5. The highest BCUT2D eigenvalue weighted by atomic mass is 79.9. The Balaban J connectivity index is 2.37. The van der Waals surface area contributed by atoms with Crippen molar-refractivity contribution in [1.29, 1.82) is 0 Å². The van der Waals surface area contributed by atoms with E-state index < -0.39 is 10.0 Å². The van der Waals surface area contributed by atoms with Crippen LogP contribution in [0, 0.1) is 0 Å². The first-order chi connectivity index (χ1) is 9.05. The van der Waals surface area contributed by atoms with Gasteiger partial charge in [-0.15, -0.1) is 0 Å². The van der Waals surface area contributed by atoms with Crippen LogP contribution in [0.3, 0.4) is 0 Å². The molecule has 1 aromatic carbocycles. The van der Waals surface area contributed by atoms with Crippen LogP contribution in [0.4, 0.5) is 0 Å². The molecule has 0 aliphatic carbocycles. The Morgan fingerprint density at radius 2 is 2.11 bits per heavy atom. The summed E-state index contributed by atoms with van der Waals surface area (Å²) in [6, 6.07) is 5.25. The summed E-state index contributed by atoms with van der Waals surface area (Å²) in [6.45, 7) is 1.51. The molecule has 0 amide bonds. The minimum absolute atomic E-state index is 0.322. The maximum Gasteiger partial charge on any atom is 0.244 e. The maximum absolute atomic E-state index is 12.7. The van der Waals surface area contributed by atoms with Crippen molar-refractivity contribution in [2.24, 2.45) is 5.73 Å². The molecule has 1 aromatic rings. The molecule has 0 aromatic heterocycles. The van der Waals surface area contributed by atoms with Gasteiger partial charge in [-0.05, 0) is 45.8 Å². The summed E-state index contributed by atoms with van der Waals surface area (Å²) in [4.78, 5) is 0.322. The molecule has 0 spiro atoms. The molecule has 19 heavy (non-hydrogen) atoms. The molecule has 0 bridgehead atoms. The SMILES string of the molecule is NCc1ccc(Br)c(S(=O)(=O)N2CCCSCC2)c1. The summed E-state index contributed by atoms with van der Waals surface area (Å²) in [5.74, 6) is 1.88. The molecule has 0 atom stereocenters. The van der Waals surface area contributed by atoms with Gasteiger partial charge in [0.25, 0.3) is 0 Å². The number of hydrogen-bond acceptors (Lipinski definition) is 4. The quantitative estimate of drug-likeness (QED) is 0.891. The fourth-order valence-corrected chi connectivity index (χ4v) is 5.43. The van der Waals surface area contributed by atoms with Crippen LogP contribution in [0.2, 0.25) is 0 Å². The van der Waals surface area contributed by atoms with E-state index in [4.69, 9.17) is 5.73 Å². The van der Waals surface area contributed by atoms with Crippen molar-refractivity contribution >= 4 is 37.7 Å². The summed E-state index contributed by atoms with van der Waals surface area (Å²) in [5, 5.41) is 0. The van der Waals surface area contributed by atoms with Crippen LogP contribution >= 0.6 is 27.7 Å². The van der Waals surface area contributed by atoms with Crippen molar-refractivity contribution in [1.82, 2.24) is 4.31 Å². The van der Waals surface area contributed by atoms with Gasteiger partial charge in [0.15, 0.2) is 0 Å². The number of thioether (sulfide) groups is 1. The third-order valence-electron chi connectivity index (χ3n) is 3.03. The Hall–Kier alpha value is -0.0800. The highest BCUT2D eigenvalue weighted by molar-refractivity contribution is 9.10. The lowest BCUT2D eigenvalue weighted by molar-refractivity contribution is 0.434. The van der Waals surface area contributed by atoms with Gasteiger partial charge in [-0.2, -0.15) is 16.1 Å². The average Bonchev–Trinajstić information content (AvgIpc) is 2.68. The van der Waals surface area contributed by atoms with Crippen LogP contribution in [-0.4, -0.2) is 37.3 Å². The largest absolute Gasteiger partial charge is 0.326 e. The molecule has 0 radical (unpaired) electrons. The van der Waals surface area contributed by atoms with Crippen molar-refractivity contribution in [3.63, 3.8) is 0 Å². The van der Waals surface area contributed by atoms with Crippen molar-refractivity contribution in [3.8, 4) is 0 Å². The van der Waals surface area contributed by atoms with Crippen molar-refractivity contribution in [2.45, 2.75) is 17.9 Å². The fraction of sp³-hybridized carbons (Fsp3) is 0.500. The molecule has 2 N–H and O–H groups in total. The highest BCUT2D eigenvalue weighted by Gasteiger charge is 2.27. The van der Waals surface area contributed by atoms with E-state index >= 15 is 0 Å². The van der Waals surface area contributed by atoms with Crippen molar-refractivity contribution < 1.29 is 8.42 Å². The lowest BCUT2D eigenvalue weighted by Gasteiger charge is -2.20. The van der Waals surface area contributed by atoms with Crippen LogP contribution in [0.15, 0.2) is 27.6 Å². The number of sulfonamides is 1. The van der Waals surface area contributed by atoms with Gasteiger partial charge in [0.1, 0.15) is 0 Å². The van der Waals surface area contributed by atoms with Crippen molar-refractivity contribution in [3.05, 3.63) is 28.2 Å². The van der Waals surface area contributed by atoms with E-state index in [0.29, 0.717) is 29.0 Å². The first-order valence-corrected chi connectivity index (χ1v) is 9.51. The van der Waals surface area contributed by atoms with Crippen molar-refractivity contribution in [2.75, 3.05) is 24.6 Å². The molecule has 1 aliphatic rings. The van der Waals surface area contributed by atoms with Gasteiger partial charge < -0.3 is 5.73 Å². The Kier molecular flexibility index (Phi) is 5.30. The van der Waals surface area contributed by atoms with Gasteiger partial charge in [-0.25, -0.2) is 8.42 Å². The number of nitrogens with zero attached hydrogens (tertiary/aromatic N) is 1. The molecular weight excluding hydrogens is 348 g/mol. The second-order valence-corrected chi connectivity index (χ2v) is 8.32. The molecular formula is C12H17BrN2O2S2. The molecule has 1 heterocycles. The molecule has 1 aliphatic heterocycles. The molecule has 0 saturated carbocycles. The van der Waals surface area contributed by atoms with E-state index in [0.717, 1.165) is 23.5 Å². The molecule has 2 rings (SSSR count). The number of hydrogen-bond donors (Lipinski definition) is 1. The van der Waals surface area contributed by atoms with Gasteiger partial charge in [-0.3, -0.25) is 0 Å². The summed E-state index contributed by atoms with van der Waals surface area (Å²) in [7, 11) is -3.43. The van der Waals surface area contributed by atoms with Crippen LogP contribution < -0.4 is 5.73 Å². The Morgan fingerprint density at radius 1 is 1.32 bits per heavy atom. The molecule has 1 fully saturated rings. The van der Waals surface area contributed by atoms with E-state index in [1.165, 1.54) is 0 Å². The molecule has 0 unspecified atom stereocenters. The van der Waals surface area contributed by atoms with Crippen LogP contribution in [0.25, 0.3) is 0 Å². The summed E-state index contributed by atoms with van der Waals surface area (Å²) in [5.41, 5.74) is 6.41. The van der Waals surface area contributed by atoms with E-state index in [1.54, 1.807) is 28.2 Å². The number of halogens is 1. The normalized spacial score (nSPS) is 18.2. The third kappa shape index (κ3) is 3.52. The lowest BCUT2D eigenvalue weighted by atomic mass is 10.2. The maximum atomic E-state index is 12.7. The van der Waals surface area contributed by atoms with Gasteiger partial charge in [0.2, 0.25) is 10.0 Å². The molecule has 1 saturated heterocycles. The number of nitrogens with two attached hydrogens (primary N) is 1. The summed E-state index contributed by atoms with van der Waals surface area (Å²) in [6.07, 6.45) is 0.901. The van der Waals surface area contributed by atoms with Gasteiger partial charge in [0.05, 0.1) is 4.90 Å². The van der Waals surface area contributed by atoms with Gasteiger partial charge in [0, 0.05) is 29.9 Å². The average molecular weight is 365 g/mol. The Labute approximate surface area is 126 Å². The Bertz CT molecular complexity index is 541. The smallest absolute Gasteiger partial charge is 0.244 e. The zero-order chi connectivity index (χ0) is 13.9. The fourth-order valence-electron chi connectivity index (χ4n) is 1.98. The van der Waals surface area contributed by atoms with Gasteiger partial charge >= 0.3 is 0 Å². The third-order valence-corrected chi connectivity index (χ3v) is 6.97. The summed E-state index contributed by atoms with van der Waals surface area (Å²) >= 11 is 5.13. The van der Waals surface area contributed by atoms with Crippen LogP contribution in [0.1, 0.15) is 12.0 Å². The van der Waals surface area contributed by atoms with Crippen LogP contribution in [-0.2, 0) is 16.6 Å². The predicted octanol–water partition coefficient (Wildman–Crippen LogP) is 2.04. The standard InChI is InChI=1S/C12H17BrN2O2S2/c13-11-3-2-10(9-14)8-12(11)19(16,17)15-4-1-6-18-7-5-15/h2-3,8H,1,4-7,9,14H2. The minimum Gasteiger partial charge on any atom is -0.326 e. The first-order valence-electron chi connectivity index (χ1n) is 6.12. The predicted molar refractivity (Wildman–Crippen MR) is 82.7 cm³/mol. The monoisotopic (exact) mass is 364 g/mol. The zero-order valence-electron chi connectivity index (χ0n) is 10.5. The van der Waals surface area contributed by atoms with E-state index in [1.807, 2.05) is 6.07 Å². The second kappa shape index (κ2) is 6.58. The minimum atomic E-state index is -3.43. The zero-order valence-corrected chi connectivity index (χ0v) is 13.7.